The number of amides is 1. The van der Waals surface area contributed by atoms with Gasteiger partial charge < -0.3 is 9.64 Å². The fourth-order valence-electron chi connectivity index (χ4n) is 3.32. The second-order valence-corrected chi connectivity index (χ2v) is 9.22. The summed E-state index contributed by atoms with van der Waals surface area (Å²) in [6.07, 6.45) is 1.24. The first-order valence-corrected chi connectivity index (χ1v) is 11.2. The van der Waals surface area contributed by atoms with Crippen LogP contribution >= 0.6 is 0 Å². The molecule has 0 radical (unpaired) electrons. The first-order chi connectivity index (χ1) is 13.4. The van der Waals surface area contributed by atoms with Crippen LogP contribution in [0.15, 0.2) is 48.5 Å². The molecule has 0 spiro atoms. The summed E-state index contributed by atoms with van der Waals surface area (Å²) in [4.78, 5) is 14.8. The zero-order valence-electron chi connectivity index (χ0n) is 15.8. The molecule has 3 rings (SSSR count). The molecule has 1 aliphatic rings. The molecular formula is C21H24FNO4S. The molecule has 1 amide bonds. The van der Waals surface area contributed by atoms with Gasteiger partial charge in [0.15, 0.2) is 9.84 Å². The fraction of sp³-hybridized carbons (Fsp3) is 0.381. The van der Waals surface area contributed by atoms with Crippen LogP contribution in [0, 0.1) is 5.82 Å². The summed E-state index contributed by atoms with van der Waals surface area (Å²) < 4.78 is 43.1. The van der Waals surface area contributed by atoms with Crippen LogP contribution in [-0.4, -0.2) is 43.4 Å². The van der Waals surface area contributed by atoms with Crippen molar-refractivity contribution in [3.63, 3.8) is 0 Å². The van der Waals surface area contributed by atoms with Gasteiger partial charge in [0.2, 0.25) is 0 Å². The van der Waals surface area contributed by atoms with E-state index in [-0.39, 0.29) is 29.8 Å². The van der Waals surface area contributed by atoms with Crippen molar-refractivity contribution in [2.24, 2.45) is 0 Å². The van der Waals surface area contributed by atoms with Gasteiger partial charge in [-0.05, 0) is 48.7 Å². The first-order valence-electron chi connectivity index (χ1n) is 9.36. The summed E-state index contributed by atoms with van der Waals surface area (Å²) in [5.74, 6) is -0.0886. The number of ether oxygens (including phenoxy) is 1. The van der Waals surface area contributed by atoms with Crippen LogP contribution in [0.2, 0.25) is 0 Å². The average molecular weight is 405 g/mol. The predicted molar refractivity (Wildman–Crippen MR) is 106 cm³/mol. The standard InChI is InChI=1S/C21H24FNO4S/c1-2-10-27-20-8-4-6-17(13-20)21(24)23(19-9-11-28(25,26)15-19)14-16-5-3-7-18(22)12-16/h3-8,12-13,19H,2,9-11,14-15H2,1H3/t19-/m0/s1. The third-order valence-electron chi connectivity index (χ3n) is 4.71. The summed E-state index contributed by atoms with van der Waals surface area (Å²) in [7, 11) is -3.17. The van der Waals surface area contributed by atoms with E-state index in [1.165, 1.54) is 17.0 Å². The monoisotopic (exact) mass is 405 g/mol. The SMILES string of the molecule is CCCOc1cccc(C(=O)N(Cc2cccc(F)c2)[C@H]2CCS(=O)(=O)C2)c1. The normalized spacial score (nSPS) is 18.0. The van der Waals surface area contributed by atoms with E-state index in [0.717, 1.165) is 6.42 Å². The van der Waals surface area contributed by atoms with Gasteiger partial charge in [-0.1, -0.05) is 25.1 Å². The number of halogens is 1. The zero-order chi connectivity index (χ0) is 20.1. The van der Waals surface area contributed by atoms with Gasteiger partial charge in [-0.25, -0.2) is 12.8 Å². The molecule has 1 fully saturated rings. The number of carbonyl (C=O) groups is 1. The van der Waals surface area contributed by atoms with Gasteiger partial charge in [0.25, 0.3) is 5.91 Å². The van der Waals surface area contributed by atoms with E-state index < -0.39 is 15.9 Å². The van der Waals surface area contributed by atoms with E-state index in [9.17, 15) is 17.6 Å². The summed E-state index contributed by atoms with van der Waals surface area (Å²) >= 11 is 0. The number of hydrogen-bond acceptors (Lipinski definition) is 4. The summed E-state index contributed by atoms with van der Waals surface area (Å²) in [5.41, 5.74) is 1.05. The molecule has 0 aromatic heterocycles. The third-order valence-corrected chi connectivity index (χ3v) is 6.46. The molecule has 1 aliphatic heterocycles. The van der Waals surface area contributed by atoms with Crippen molar-refractivity contribution in [1.29, 1.82) is 0 Å². The molecule has 1 saturated heterocycles. The molecule has 2 aromatic carbocycles. The number of benzene rings is 2. The minimum atomic E-state index is -3.17. The van der Waals surface area contributed by atoms with Gasteiger partial charge in [0.05, 0.1) is 18.1 Å². The Balaban J connectivity index is 1.88. The van der Waals surface area contributed by atoms with Crippen LogP contribution in [-0.2, 0) is 16.4 Å². The number of rotatable bonds is 7. The number of sulfone groups is 1. The number of hydrogen-bond donors (Lipinski definition) is 0. The lowest BCUT2D eigenvalue weighted by Gasteiger charge is -2.28. The highest BCUT2D eigenvalue weighted by atomic mass is 32.2. The molecule has 0 unspecified atom stereocenters. The Morgan fingerprint density at radius 2 is 2.00 bits per heavy atom. The van der Waals surface area contributed by atoms with E-state index >= 15 is 0 Å². The Kier molecular flexibility index (Phi) is 6.34. The van der Waals surface area contributed by atoms with Crippen LogP contribution in [0.25, 0.3) is 0 Å². The Bertz CT molecular complexity index is 945. The lowest BCUT2D eigenvalue weighted by Crippen LogP contribution is -2.40. The maximum absolute atomic E-state index is 13.6. The van der Waals surface area contributed by atoms with Gasteiger partial charge in [0, 0.05) is 18.2 Å². The van der Waals surface area contributed by atoms with Crippen molar-refractivity contribution >= 4 is 15.7 Å². The molecule has 7 heteroatoms. The van der Waals surface area contributed by atoms with Gasteiger partial charge in [-0.15, -0.1) is 0 Å². The van der Waals surface area contributed by atoms with E-state index in [4.69, 9.17) is 4.74 Å². The summed E-state index contributed by atoms with van der Waals surface area (Å²) in [6.45, 7) is 2.69. The van der Waals surface area contributed by atoms with E-state index in [1.54, 1.807) is 36.4 Å². The third kappa shape index (κ3) is 5.10. The second kappa shape index (κ2) is 8.73. The van der Waals surface area contributed by atoms with Gasteiger partial charge >= 0.3 is 0 Å². The number of nitrogens with zero attached hydrogens (tertiary/aromatic N) is 1. The molecule has 150 valence electrons. The van der Waals surface area contributed by atoms with Crippen molar-refractivity contribution in [1.82, 2.24) is 4.90 Å². The minimum absolute atomic E-state index is 0.0598. The molecule has 1 atom stereocenters. The first kappa shape index (κ1) is 20.3. The Hall–Kier alpha value is -2.41. The largest absolute Gasteiger partial charge is 0.494 e. The topological polar surface area (TPSA) is 63.7 Å². The summed E-state index contributed by atoms with van der Waals surface area (Å²) in [6, 6.07) is 12.5. The molecule has 28 heavy (non-hydrogen) atoms. The maximum Gasteiger partial charge on any atom is 0.254 e. The van der Waals surface area contributed by atoms with Crippen molar-refractivity contribution in [2.45, 2.75) is 32.4 Å². The maximum atomic E-state index is 13.6. The van der Waals surface area contributed by atoms with Gasteiger partial charge in [0.1, 0.15) is 11.6 Å². The molecule has 0 aliphatic carbocycles. The van der Waals surface area contributed by atoms with Crippen LogP contribution in [0.3, 0.4) is 0 Å². The average Bonchev–Trinajstić information content (AvgIpc) is 3.03. The highest BCUT2D eigenvalue weighted by Gasteiger charge is 2.35. The van der Waals surface area contributed by atoms with Crippen LogP contribution in [0.5, 0.6) is 5.75 Å². The molecule has 5 nitrogen and oxygen atoms in total. The lowest BCUT2D eigenvalue weighted by molar-refractivity contribution is 0.0680. The molecule has 0 N–H and O–H groups in total. The highest BCUT2D eigenvalue weighted by Crippen LogP contribution is 2.24. The zero-order valence-corrected chi connectivity index (χ0v) is 16.6. The quantitative estimate of drug-likeness (QED) is 0.708. The van der Waals surface area contributed by atoms with Crippen molar-refractivity contribution in [2.75, 3.05) is 18.1 Å². The Morgan fingerprint density at radius 1 is 1.21 bits per heavy atom. The molecule has 0 saturated carbocycles. The van der Waals surface area contributed by atoms with E-state index in [1.807, 2.05) is 6.92 Å². The fourth-order valence-corrected chi connectivity index (χ4v) is 5.06. The van der Waals surface area contributed by atoms with Gasteiger partial charge in [-0.3, -0.25) is 4.79 Å². The molecule has 2 aromatic rings. The van der Waals surface area contributed by atoms with Crippen LogP contribution in [0.4, 0.5) is 4.39 Å². The van der Waals surface area contributed by atoms with E-state index in [2.05, 4.69) is 0 Å². The van der Waals surface area contributed by atoms with Crippen LogP contribution < -0.4 is 4.74 Å². The lowest BCUT2D eigenvalue weighted by atomic mass is 10.1. The second-order valence-electron chi connectivity index (χ2n) is 7.00. The Morgan fingerprint density at radius 3 is 2.68 bits per heavy atom. The van der Waals surface area contributed by atoms with Crippen LogP contribution in [0.1, 0.15) is 35.7 Å². The molecular weight excluding hydrogens is 381 g/mol. The smallest absolute Gasteiger partial charge is 0.254 e. The molecule has 0 bridgehead atoms. The van der Waals surface area contributed by atoms with Crippen molar-refractivity contribution in [3.05, 3.63) is 65.5 Å². The minimum Gasteiger partial charge on any atom is -0.494 e. The number of carbonyl (C=O) groups excluding carboxylic acids is 1. The van der Waals surface area contributed by atoms with E-state index in [0.29, 0.717) is 29.9 Å². The Labute approximate surface area is 165 Å². The van der Waals surface area contributed by atoms with Gasteiger partial charge in [-0.2, -0.15) is 0 Å². The highest BCUT2D eigenvalue weighted by molar-refractivity contribution is 7.91. The summed E-state index contributed by atoms with van der Waals surface area (Å²) in [5, 5.41) is 0. The molecule has 1 heterocycles. The van der Waals surface area contributed by atoms with Crippen molar-refractivity contribution in [3.8, 4) is 5.75 Å². The van der Waals surface area contributed by atoms with Crippen molar-refractivity contribution < 1.29 is 22.3 Å². The predicted octanol–water partition coefficient (Wildman–Crippen LogP) is 3.44.